The van der Waals surface area contributed by atoms with E-state index in [1.807, 2.05) is 0 Å². The number of hydrogen-bond donors (Lipinski definition) is 1. The molecule has 0 bridgehead atoms. The number of nitrogens with one attached hydrogen (secondary N) is 1. The molecule has 3 atom stereocenters. The van der Waals surface area contributed by atoms with Crippen LogP contribution >= 0.6 is 0 Å². The molecule has 2 aliphatic heterocycles. The van der Waals surface area contributed by atoms with Crippen LogP contribution in [0.25, 0.3) is 0 Å². The Hall–Kier alpha value is -0.570. The summed E-state index contributed by atoms with van der Waals surface area (Å²) in [6.07, 6.45) is 4.54. The molecule has 0 aromatic heterocycles. The number of amides is 1. The maximum absolute atomic E-state index is 11.9. The Balaban J connectivity index is 1.50. The first kappa shape index (κ1) is 8.72. The SMILES string of the molecule is O=C(CC1CCCN1)N1CC2CC2C1. The molecule has 14 heavy (non-hydrogen) atoms. The number of likely N-dealkylation sites (tertiary alicyclic amines) is 1. The molecule has 3 heteroatoms. The Morgan fingerprint density at radius 2 is 2.14 bits per heavy atom. The maximum Gasteiger partial charge on any atom is 0.224 e. The Morgan fingerprint density at radius 1 is 1.36 bits per heavy atom. The highest BCUT2D eigenvalue weighted by molar-refractivity contribution is 5.77. The van der Waals surface area contributed by atoms with Crippen LogP contribution in [0.2, 0.25) is 0 Å². The zero-order valence-corrected chi connectivity index (χ0v) is 8.54. The van der Waals surface area contributed by atoms with Crippen molar-refractivity contribution in [3.8, 4) is 0 Å². The second kappa shape index (κ2) is 3.23. The molecular formula is C11H18N2O. The number of nitrogens with zero attached hydrogens (tertiary/aromatic N) is 1. The van der Waals surface area contributed by atoms with Crippen molar-refractivity contribution in [1.82, 2.24) is 10.2 Å². The molecule has 1 amide bonds. The molecule has 0 radical (unpaired) electrons. The molecule has 3 fully saturated rings. The first-order valence-corrected chi connectivity index (χ1v) is 5.84. The van der Waals surface area contributed by atoms with E-state index < -0.39 is 0 Å². The molecule has 0 aromatic carbocycles. The molecule has 2 saturated heterocycles. The highest BCUT2D eigenvalue weighted by Crippen LogP contribution is 2.45. The summed E-state index contributed by atoms with van der Waals surface area (Å²) >= 11 is 0. The van der Waals surface area contributed by atoms with E-state index in [9.17, 15) is 4.79 Å². The number of carbonyl (C=O) groups excluding carboxylic acids is 1. The lowest BCUT2D eigenvalue weighted by atomic mass is 10.1. The molecule has 2 heterocycles. The number of carbonyl (C=O) groups is 1. The summed E-state index contributed by atoms with van der Waals surface area (Å²) in [5, 5.41) is 3.39. The van der Waals surface area contributed by atoms with Crippen molar-refractivity contribution in [1.29, 1.82) is 0 Å². The zero-order chi connectivity index (χ0) is 9.54. The maximum atomic E-state index is 11.9. The molecule has 3 unspecified atom stereocenters. The van der Waals surface area contributed by atoms with Gasteiger partial charge in [0, 0.05) is 25.6 Å². The molecular weight excluding hydrogens is 176 g/mol. The molecule has 3 aliphatic rings. The second-order valence-corrected chi connectivity index (χ2v) is 5.05. The van der Waals surface area contributed by atoms with E-state index in [2.05, 4.69) is 10.2 Å². The van der Waals surface area contributed by atoms with E-state index in [1.54, 1.807) is 0 Å². The molecule has 1 aliphatic carbocycles. The predicted octanol–water partition coefficient (Wildman–Crippen LogP) is 0.607. The minimum absolute atomic E-state index is 0.386. The average Bonchev–Trinajstić information content (AvgIpc) is 2.68. The highest BCUT2D eigenvalue weighted by atomic mass is 16.2. The normalized spacial score (nSPS) is 40.0. The van der Waals surface area contributed by atoms with Crippen LogP contribution in [0.5, 0.6) is 0 Å². The molecule has 0 spiro atoms. The minimum Gasteiger partial charge on any atom is -0.342 e. The Labute approximate surface area is 84.8 Å². The van der Waals surface area contributed by atoms with Crippen LogP contribution in [-0.4, -0.2) is 36.5 Å². The highest BCUT2D eigenvalue weighted by Gasteiger charge is 2.46. The van der Waals surface area contributed by atoms with Crippen molar-refractivity contribution in [3.05, 3.63) is 0 Å². The van der Waals surface area contributed by atoms with E-state index in [0.717, 1.165) is 37.9 Å². The van der Waals surface area contributed by atoms with Gasteiger partial charge in [-0.3, -0.25) is 4.79 Å². The fourth-order valence-electron chi connectivity index (χ4n) is 2.87. The Kier molecular flexibility index (Phi) is 2.01. The lowest BCUT2D eigenvalue weighted by Gasteiger charge is -2.20. The molecule has 1 N–H and O–H groups in total. The largest absolute Gasteiger partial charge is 0.342 e. The summed E-state index contributed by atoms with van der Waals surface area (Å²) in [6.45, 7) is 3.20. The number of rotatable bonds is 2. The fraction of sp³-hybridized carbons (Fsp3) is 0.909. The predicted molar refractivity (Wildman–Crippen MR) is 53.8 cm³/mol. The summed E-state index contributed by atoms with van der Waals surface area (Å²) in [7, 11) is 0. The third kappa shape index (κ3) is 1.54. The van der Waals surface area contributed by atoms with Crippen molar-refractivity contribution >= 4 is 5.91 Å². The van der Waals surface area contributed by atoms with Gasteiger partial charge in [0.15, 0.2) is 0 Å². The van der Waals surface area contributed by atoms with Crippen LogP contribution in [0, 0.1) is 11.8 Å². The van der Waals surface area contributed by atoms with E-state index in [1.165, 1.54) is 19.3 Å². The van der Waals surface area contributed by atoms with Crippen LogP contribution in [0.1, 0.15) is 25.7 Å². The molecule has 1 saturated carbocycles. The lowest BCUT2D eigenvalue weighted by Crippen LogP contribution is -2.35. The van der Waals surface area contributed by atoms with Gasteiger partial charge in [-0.05, 0) is 37.6 Å². The zero-order valence-electron chi connectivity index (χ0n) is 8.54. The average molecular weight is 194 g/mol. The van der Waals surface area contributed by atoms with Crippen molar-refractivity contribution in [2.75, 3.05) is 19.6 Å². The number of hydrogen-bond acceptors (Lipinski definition) is 2. The standard InChI is InChI=1S/C11H18N2O/c14-11(5-10-2-1-3-12-10)13-6-8-4-9(8)7-13/h8-10,12H,1-7H2. The van der Waals surface area contributed by atoms with Gasteiger partial charge in [-0.2, -0.15) is 0 Å². The van der Waals surface area contributed by atoms with Gasteiger partial charge in [-0.1, -0.05) is 0 Å². The first-order chi connectivity index (χ1) is 6.83. The fourth-order valence-corrected chi connectivity index (χ4v) is 2.87. The summed E-state index contributed by atoms with van der Waals surface area (Å²) in [6, 6.07) is 0.472. The van der Waals surface area contributed by atoms with Crippen LogP contribution < -0.4 is 5.32 Å². The Morgan fingerprint density at radius 3 is 2.79 bits per heavy atom. The van der Waals surface area contributed by atoms with E-state index in [-0.39, 0.29) is 0 Å². The van der Waals surface area contributed by atoms with E-state index >= 15 is 0 Å². The van der Waals surface area contributed by atoms with Crippen molar-refractivity contribution < 1.29 is 4.79 Å². The van der Waals surface area contributed by atoms with Crippen molar-refractivity contribution in [2.45, 2.75) is 31.7 Å². The molecule has 3 nitrogen and oxygen atoms in total. The van der Waals surface area contributed by atoms with Crippen LogP contribution in [0.4, 0.5) is 0 Å². The summed E-state index contributed by atoms with van der Waals surface area (Å²) in [4.78, 5) is 13.9. The van der Waals surface area contributed by atoms with Gasteiger partial charge in [0.25, 0.3) is 0 Å². The van der Waals surface area contributed by atoms with Gasteiger partial charge in [0.1, 0.15) is 0 Å². The first-order valence-electron chi connectivity index (χ1n) is 5.84. The van der Waals surface area contributed by atoms with Gasteiger partial charge in [-0.25, -0.2) is 0 Å². The summed E-state index contributed by atoms with van der Waals surface area (Å²) in [5.74, 6) is 2.13. The summed E-state index contributed by atoms with van der Waals surface area (Å²) < 4.78 is 0. The van der Waals surface area contributed by atoms with Gasteiger partial charge in [0.2, 0.25) is 5.91 Å². The molecule has 78 valence electrons. The second-order valence-electron chi connectivity index (χ2n) is 5.05. The molecule has 3 rings (SSSR count). The van der Waals surface area contributed by atoms with Crippen LogP contribution in [0.15, 0.2) is 0 Å². The third-order valence-electron chi connectivity index (χ3n) is 3.91. The monoisotopic (exact) mass is 194 g/mol. The van der Waals surface area contributed by atoms with Gasteiger partial charge in [-0.15, -0.1) is 0 Å². The quantitative estimate of drug-likeness (QED) is 0.698. The van der Waals surface area contributed by atoms with Crippen molar-refractivity contribution in [3.63, 3.8) is 0 Å². The smallest absolute Gasteiger partial charge is 0.224 e. The summed E-state index contributed by atoms with van der Waals surface area (Å²) in [5.41, 5.74) is 0. The van der Waals surface area contributed by atoms with Crippen LogP contribution in [-0.2, 0) is 4.79 Å². The number of piperidine rings is 1. The van der Waals surface area contributed by atoms with E-state index in [4.69, 9.17) is 0 Å². The van der Waals surface area contributed by atoms with Gasteiger partial charge >= 0.3 is 0 Å². The van der Waals surface area contributed by atoms with Crippen LogP contribution in [0.3, 0.4) is 0 Å². The topological polar surface area (TPSA) is 32.3 Å². The Bertz CT molecular complexity index is 238. The lowest BCUT2D eigenvalue weighted by molar-refractivity contribution is -0.131. The molecule has 0 aromatic rings. The third-order valence-corrected chi connectivity index (χ3v) is 3.91. The van der Waals surface area contributed by atoms with E-state index in [0.29, 0.717) is 11.9 Å². The van der Waals surface area contributed by atoms with Gasteiger partial charge in [0.05, 0.1) is 0 Å². The van der Waals surface area contributed by atoms with Gasteiger partial charge < -0.3 is 10.2 Å². The minimum atomic E-state index is 0.386. The number of fused-ring (bicyclic) bond motifs is 1. The van der Waals surface area contributed by atoms with Crippen molar-refractivity contribution in [2.24, 2.45) is 11.8 Å².